The second-order valence-corrected chi connectivity index (χ2v) is 7.76. The summed E-state index contributed by atoms with van der Waals surface area (Å²) in [7, 11) is 0. The number of carbonyl (C=O) groups is 1. The number of aromatic nitrogens is 4. The summed E-state index contributed by atoms with van der Waals surface area (Å²) in [5, 5.41) is 12.1. The number of aryl methyl sites for hydroxylation is 2. The third kappa shape index (κ3) is 3.20. The second-order valence-electron chi connectivity index (χ2n) is 7.76. The lowest BCUT2D eigenvalue weighted by molar-refractivity contribution is 0.102. The van der Waals surface area contributed by atoms with Crippen LogP contribution in [0.25, 0.3) is 11.4 Å². The van der Waals surface area contributed by atoms with Gasteiger partial charge in [0.25, 0.3) is 5.91 Å². The Morgan fingerprint density at radius 3 is 2.57 bits per heavy atom. The van der Waals surface area contributed by atoms with Crippen LogP contribution >= 0.6 is 0 Å². The first-order valence-corrected chi connectivity index (χ1v) is 10.2. The number of benzene rings is 2. The van der Waals surface area contributed by atoms with Gasteiger partial charge in [-0.05, 0) is 69.5 Å². The van der Waals surface area contributed by atoms with Gasteiger partial charge < -0.3 is 5.32 Å². The molecule has 0 saturated heterocycles. The summed E-state index contributed by atoms with van der Waals surface area (Å²) in [4.78, 5) is 13.1. The van der Waals surface area contributed by atoms with Crippen LogP contribution in [0, 0.1) is 13.8 Å². The van der Waals surface area contributed by atoms with Crippen molar-refractivity contribution in [1.29, 1.82) is 0 Å². The second kappa shape index (κ2) is 7.30. The Balaban J connectivity index is 1.46. The molecule has 30 heavy (non-hydrogen) atoms. The molecule has 0 aliphatic heterocycles. The minimum atomic E-state index is -0.173. The summed E-state index contributed by atoms with van der Waals surface area (Å²) in [5.74, 6) is -0.173. The molecule has 6 heteroatoms. The van der Waals surface area contributed by atoms with E-state index in [1.54, 1.807) is 6.20 Å². The Bertz CT molecular complexity index is 1230. The van der Waals surface area contributed by atoms with Crippen LogP contribution in [-0.2, 0) is 12.8 Å². The smallest absolute Gasteiger partial charge is 0.276 e. The SMILES string of the molecule is Cc1ccc(-n2nc(C(=O)Nc3cccc(-n4nccc4C)c3)c3c2CCC3)cc1. The van der Waals surface area contributed by atoms with Crippen LogP contribution in [0.3, 0.4) is 0 Å². The number of hydrogen-bond acceptors (Lipinski definition) is 3. The molecule has 2 aromatic carbocycles. The van der Waals surface area contributed by atoms with E-state index in [2.05, 4.69) is 41.6 Å². The summed E-state index contributed by atoms with van der Waals surface area (Å²) >= 11 is 0. The zero-order valence-corrected chi connectivity index (χ0v) is 17.1. The number of nitrogens with one attached hydrogen (secondary N) is 1. The van der Waals surface area contributed by atoms with Crippen molar-refractivity contribution >= 4 is 11.6 Å². The van der Waals surface area contributed by atoms with E-state index in [-0.39, 0.29) is 5.91 Å². The number of hydrogen-bond donors (Lipinski definition) is 1. The quantitative estimate of drug-likeness (QED) is 0.555. The minimum Gasteiger partial charge on any atom is -0.321 e. The summed E-state index contributed by atoms with van der Waals surface area (Å²) in [6, 6.07) is 17.9. The monoisotopic (exact) mass is 397 g/mol. The van der Waals surface area contributed by atoms with Gasteiger partial charge in [0.15, 0.2) is 5.69 Å². The van der Waals surface area contributed by atoms with Gasteiger partial charge in [-0.15, -0.1) is 0 Å². The van der Waals surface area contributed by atoms with Gasteiger partial charge >= 0.3 is 0 Å². The largest absolute Gasteiger partial charge is 0.321 e. The van der Waals surface area contributed by atoms with Gasteiger partial charge in [-0.3, -0.25) is 4.79 Å². The van der Waals surface area contributed by atoms with Crippen LogP contribution in [0.5, 0.6) is 0 Å². The fourth-order valence-corrected chi connectivity index (χ4v) is 4.06. The van der Waals surface area contributed by atoms with Gasteiger partial charge in [0, 0.05) is 28.8 Å². The first-order valence-electron chi connectivity index (χ1n) is 10.2. The van der Waals surface area contributed by atoms with Crippen molar-refractivity contribution in [3.05, 3.63) is 89.0 Å². The Labute approximate surface area is 175 Å². The van der Waals surface area contributed by atoms with Crippen molar-refractivity contribution in [2.45, 2.75) is 33.1 Å². The summed E-state index contributed by atoms with van der Waals surface area (Å²) < 4.78 is 3.78. The fraction of sp³-hybridized carbons (Fsp3) is 0.208. The molecule has 1 aliphatic carbocycles. The van der Waals surface area contributed by atoms with Crippen LogP contribution < -0.4 is 5.32 Å². The van der Waals surface area contributed by atoms with Gasteiger partial charge in [-0.2, -0.15) is 10.2 Å². The Morgan fingerprint density at radius 1 is 0.967 bits per heavy atom. The molecule has 0 atom stereocenters. The van der Waals surface area contributed by atoms with Crippen molar-refractivity contribution in [3.63, 3.8) is 0 Å². The van der Waals surface area contributed by atoms with E-state index in [1.165, 1.54) is 5.56 Å². The van der Waals surface area contributed by atoms with Crippen molar-refractivity contribution in [3.8, 4) is 11.4 Å². The lowest BCUT2D eigenvalue weighted by Gasteiger charge is -2.09. The molecule has 1 aliphatic rings. The number of amides is 1. The Kier molecular flexibility index (Phi) is 4.47. The molecule has 0 saturated carbocycles. The number of fused-ring (bicyclic) bond motifs is 1. The van der Waals surface area contributed by atoms with Gasteiger partial charge in [0.2, 0.25) is 0 Å². The zero-order chi connectivity index (χ0) is 20.7. The number of nitrogens with zero attached hydrogens (tertiary/aromatic N) is 4. The number of rotatable bonds is 4. The molecule has 2 heterocycles. The molecular weight excluding hydrogens is 374 g/mol. The average molecular weight is 397 g/mol. The van der Waals surface area contributed by atoms with Crippen molar-refractivity contribution in [2.24, 2.45) is 0 Å². The Morgan fingerprint density at radius 2 is 1.80 bits per heavy atom. The van der Waals surface area contributed by atoms with Gasteiger partial charge in [0.1, 0.15) is 0 Å². The number of anilines is 1. The molecule has 4 aromatic rings. The van der Waals surface area contributed by atoms with Crippen molar-refractivity contribution in [2.75, 3.05) is 5.32 Å². The highest BCUT2D eigenvalue weighted by molar-refractivity contribution is 6.04. The maximum absolute atomic E-state index is 13.1. The van der Waals surface area contributed by atoms with Gasteiger partial charge in [-0.1, -0.05) is 23.8 Å². The molecule has 0 unspecified atom stereocenters. The van der Waals surface area contributed by atoms with Crippen molar-refractivity contribution in [1.82, 2.24) is 19.6 Å². The van der Waals surface area contributed by atoms with Crippen LogP contribution in [0.4, 0.5) is 5.69 Å². The van der Waals surface area contributed by atoms with E-state index in [0.29, 0.717) is 5.69 Å². The van der Waals surface area contributed by atoms with E-state index in [0.717, 1.165) is 53.3 Å². The first-order chi connectivity index (χ1) is 14.6. The minimum absolute atomic E-state index is 0.173. The van der Waals surface area contributed by atoms with Crippen LogP contribution in [0.2, 0.25) is 0 Å². The highest BCUT2D eigenvalue weighted by Gasteiger charge is 2.27. The van der Waals surface area contributed by atoms with Gasteiger partial charge in [0.05, 0.1) is 11.4 Å². The third-order valence-corrected chi connectivity index (χ3v) is 5.60. The lowest BCUT2D eigenvalue weighted by Crippen LogP contribution is -2.15. The molecule has 6 nitrogen and oxygen atoms in total. The molecule has 0 fully saturated rings. The molecule has 0 radical (unpaired) electrons. The molecule has 0 bridgehead atoms. The Hall–Kier alpha value is -3.67. The number of carbonyl (C=O) groups excluding carboxylic acids is 1. The molecule has 5 rings (SSSR count). The standard InChI is InChI=1S/C24H23N5O/c1-16-9-11-19(12-10-16)29-22-8-4-7-21(22)23(27-29)24(30)26-18-5-3-6-20(15-18)28-17(2)13-14-25-28/h3,5-6,9-15H,4,7-8H2,1-2H3,(H,26,30). The van der Waals surface area contributed by atoms with E-state index in [1.807, 2.05) is 46.6 Å². The zero-order valence-electron chi connectivity index (χ0n) is 17.1. The summed E-state index contributed by atoms with van der Waals surface area (Å²) in [6.45, 7) is 4.06. The molecule has 1 N–H and O–H groups in total. The molecular formula is C24H23N5O. The van der Waals surface area contributed by atoms with E-state index >= 15 is 0 Å². The average Bonchev–Trinajstić information content (AvgIpc) is 3.45. The molecule has 2 aromatic heterocycles. The predicted octanol–water partition coefficient (Wildman–Crippen LogP) is 4.42. The fourth-order valence-electron chi connectivity index (χ4n) is 4.06. The summed E-state index contributed by atoms with van der Waals surface area (Å²) in [5.41, 5.74) is 7.59. The molecule has 150 valence electrons. The highest BCUT2D eigenvalue weighted by atomic mass is 16.2. The van der Waals surface area contributed by atoms with Crippen LogP contribution in [-0.4, -0.2) is 25.5 Å². The van der Waals surface area contributed by atoms with Crippen LogP contribution in [0.1, 0.15) is 39.4 Å². The predicted molar refractivity (Wildman–Crippen MR) is 117 cm³/mol. The maximum Gasteiger partial charge on any atom is 0.276 e. The van der Waals surface area contributed by atoms with Crippen molar-refractivity contribution < 1.29 is 4.79 Å². The lowest BCUT2D eigenvalue weighted by atomic mass is 10.2. The van der Waals surface area contributed by atoms with E-state index < -0.39 is 0 Å². The third-order valence-electron chi connectivity index (χ3n) is 5.60. The highest BCUT2D eigenvalue weighted by Crippen LogP contribution is 2.28. The topological polar surface area (TPSA) is 64.7 Å². The molecule has 1 amide bonds. The normalized spacial score (nSPS) is 12.7. The van der Waals surface area contributed by atoms with E-state index in [9.17, 15) is 4.79 Å². The molecule has 0 spiro atoms. The van der Waals surface area contributed by atoms with Gasteiger partial charge in [-0.25, -0.2) is 9.36 Å². The summed E-state index contributed by atoms with van der Waals surface area (Å²) in [6.07, 6.45) is 4.64. The van der Waals surface area contributed by atoms with Crippen LogP contribution in [0.15, 0.2) is 60.8 Å². The maximum atomic E-state index is 13.1. The first kappa shape index (κ1) is 18.4. The van der Waals surface area contributed by atoms with E-state index in [4.69, 9.17) is 5.10 Å².